The van der Waals surface area contributed by atoms with Crippen LogP contribution in [0.4, 0.5) is 4.39 Å². The summed E-state index contributed by atoms with van der Waals surface area (Å²) in [6.07, 6.45) is 1.89. The summed E-state index contributed by atoms with van der Waals surface area (Å²) >= 11 is 0. The van der Waals surface area contributed by atoms with Crippen molar-refractivity contribution < 1.29 is 18.8 Å². The fourth-order valence-electron chi connectivity index (χ4n) is 2.46. The van der Waals surface area contributed by atoms with Crippen LogP contribution in [0, 0.1) is 5.82 Å². The summed E-state index contributed by atoms with van der Waals surface area (Å²) < 4.78 is 18.3. The average molecular weight is 292 g/mol. The normalized spacial score (nSPS) is 24.5. The number of nitrogens with one attached hydrogen (secondary N) is 1. The molecule has 1 aromatic rings. The highest BCUT2D eigenvalue weighted by Crippen LogP contribution is 2.17. The van der Waals surface area contributed by atoms with E-state index in [9.17, 15) is 9.18 Å². The van der Waals surface area contributed by atoms with Crippen LogP contribution in [-0.2, 0) is 14.4 Å². The Morgan fingerprint density at radius 2 is 2.19 bits per heavy atom. The molecule has 2 aliphatic heterocycles. The third kappa shape index (κ3) is 3.39. The molecule has 0 bridgehead atoms. The van der Waals surface area contributed by atoms with Gasteiger partial charge in [-0.2, -0.15) is 0 Å². The first kappa shape index (κ1) is 14.0. The van der Waals surface area contributed by atoms with E-state index in [1.54, 1.807) is 12.1 Å². The summed E-state index contributed by atoms with van der Waals surface area (Å²) in [4.78, 5) is 17.2. The minimum absolute atomic E-state index is 0.104. The van der Waals surface area contributed by atoms with Gasteiger partial charge in [0.25, 0.3) is 5.91 Å². The molecule has 1 fully saturated rings. The van der Waals surface area contributed by atoms with E-state index in [2.05, 4.69) is 10.5 Å². The third-order valence-electron chi connectivity index (χ3n) is 3.67. The molecule has 3 rings (SSSR count). The van der Waals surface area contributed by atoms with Gasteiger partial charge in [-0.3, -0.25) is 4.79 Å². The zero-order valence-electron chi connectivity index (χ0n) is 11.5. The zero-order valence-corrected chi connectivity index (χ0v) is 11.5. The van der Waals surface area contributed by atoms with Crippen LogP contribution >= 0.6 is 0 Å². The van der Waals surface area contributed by atoms with E-state index < -0.39 is 6.10 Å². The number of oxime groups is 1. The van der Waals surface area contributed by atoms with E-state index in [1.807, 2.05) is 0 Å². The molecule has 1 aromatic carbocycles. The maximum atomic E-state index is 12.9. The molecule has 2 heterocycles. The van der Waals surface area contributed by atoms with E-state index in [4.69, 9.17) is 9.57 Å². The zero-order chi connectivity index (χ0) is 14.7. The van der Waals surface area contributed by atoms with E-state index in [0.29, 0.717) is 18.7 Å². The number of ether oxygens (including phenoxy) is 1. The highest BCUT2D eigenvalue weighted by Gasteiger charge is 2.29. The van der Waals surface area contributed by atoms with Crippen molar-refractivity contribution in [3.8, 4) is 0 Å². The first-order valence-corrected chi connectivity index (χ1v) is 7.10. The van der Waals surface area contributed by atoms with Crippen LogP contribution in [-0.4, -0.2) is 37.0 Å². The molecular formula is C15H17FN2O3. The first-order chi connectivity index (χ1) is 10.2. The Hall–Kier alpha value is -1.95. The number of benzene rings is 1. The molecule has 112 valence electrons. The third-order valence-corrected chi connectivity index (χ3v) is 3.67. The molecule has 0 spiro atoms. The molecule has 0 unspecified atom stereocenters. The lowest BCUT2D eigenvalue weighted by Crippen LogP contribution is -2.39. The van der Waals surface area contributed by atoms with Crippen molar-refractivity contribution in [3.05, 3.63) is 35.6 Å². The van der Waals surface area contributed by atoms with Crippen molar-refractivity contribution in [2.24, 2.45) is 5.16 Å². The van der Waals surface area contributed by atoms with Gasteiger partial charge < -0.3 is 14.9 Å². The van der Waals surface area contributed by atoms with Gasteiger partial charge in [0.2, 0.25) is 6.10 Å². The Kier molecular flexibility index (Phi) is 4.15. The second kappa shape index (κ2) is 6.22. The van der Waals surface area contributed by atoms with Gasteiger partial charge in [-0.1, -0.05) is 17.3 Å². The number of rotatable bonds is 4. The summed E-state index contributed by atoms with van der Waals surface area (Å²) in [7, 11) is 0. The van der Waals surface area contributed by atoms with Crippen LogP contribution < -0.4 is 5.32 Å². The van der Waals surface area contributed by atoms with Gasteiger partial charge in [0.15, 0.2) is 0 Å². The van der Waals surface area contributed by atoms with Gasteiger partial charge in [0, 0.05) is 19.6 Å². The molecule has 6 heteroatoms. The topological polar surface area (TPSA) is 59.9 Å². The first-order valence-electron chi connectivity index (χ1n) is 7.10. The SMILES string of the molecule is O=C(NC[C@H]1CCCO1)[C@H]1CC(c2ccc(F)cc2)=NO1. The second-order valence-corrected chi connectivity index (χ2v) is 5.22. The van der Waals surface area contributed by atoms with Gasteiger partial charge in [0.1, 0.15) is 5.82 Å². The van der Waals surface area contributed by atoms with Gasteiger partial charge >= 0.3 is 0 Å². The molecular weight excluding hydrogens is 275 g/mol. The molecule has 0 aromatic heterocycles. The maximum absolute atomic E-state index is 12.9. The van der Waals surface area contributed by atoms with Crippen LogP contribution in [0.2, 0.25) is 0 Å². The number of halogens is 1. The van der Waals surface area contributed by atoms with Crippen molar-refractivity contribution in [3.63, 3.8) is 0 Å². The Bertz CT molecular complexity index is 538. The molecule has 5 nitrogen and oxygen atoms in total. The number of nitrogens with zero attached hydrogens (tertiary/aromatic N) is 1. The van der Waals surface area contributed by atoms with E-state index in [-0.39, 0.29) is 17.8 Å². The predicted molar refractivity (Wildman–Crippen MR) is 74.4 cm³/mol. The smallest absolute Gasteiger partial charge is 0.264 e. The Balaban J connectivity index is 1.50. The van der Waals surface area contributed by atoms with Gasteiger partial charge in [-0.05, 0) is 30.5 Å². The summed E-state index contributed by atoms with van der Waals surface area (Å²) in [5, 5.41) is 6.75. The molecule has 2 aliphatic rings. The number of carbonyl (C=O) groups excluding carboxylic acids is 1. The van der Waals surface area contributed by atoms with Crippen LogP contribution in [0.25, 0.3) is 0 Å². The number of hydrogen-bond acceptors (Lipinski definition) is 4. The molecule has 2 atom stereocenters. The lowest BCUT2D eigenvalue weighted by atomic mass is 10.0. The Morgan fingerprint density at radius 1 is 1.38 bits per heavy atom. The average Bonchev–Trinajstić information content (AvgIpc) is 3.17. The van der Waals surface area contributed by atoms with Gasteiger partial charge in [-0.25, -0.2) is 4.39 Å². The fraction of sp³-hybridized carbons (Fsp3) is 0.467. The van der Waals surface area contributed by atoms with Crippen molar-refractivity contribution in [2.45, 2.75) is 31.5 Å². The number of hydrogen-bond donors (Lipinski definition) is 1. The Labute approximate surface area is 122 Å². The summed E-state index contributed by atoms with van der Waals surface area (Å²) in [6.45, 7) is 1.27. The van der Waals surface area contributed by atoms with Crippen molar-refractivity contribution >= 4 is 11.6 Å². The summed E-state index contributed by atoms with van der Waals surface area (Å²) in [6, 6.07) is 5.99. The molecule has 1 saturated heterocycles. The quantitative estimate of drug-likeness (QED) is 0.917. The Morgan fingerprint density at radius 3 is 2.90 bits per heavy atom. The molecule has 0 aliphatic carbocycles. The lowest BCUT2D eigenvalue weighted by molar-refractivity contribution is -0.131. The van der Waals surface area contributed by atoms with Gasteiger partial charge in [-0.15, -0.1) is 0 Å². The standard InChI is InChI=1S/C15H17FN2O3/c16-11-5-3-10(4-6-11)13-8-14(21-18-13)15(19)17-9-12-2-1-7-20-12/h3-6,12,14H,1-2,7-9H2,(H,17,19)/t12-,14-/m1/s1. The number of amides is 1. The van der Waals surface area contributed by atoms with Crippen LogP contribution in [0.3, 0.4) is 0 Å². The molecule has 21 heavy (non-hydrogen) atoms. The van der Waals surface area contributed by atoms with E-state index in [1.165, 1.54) is 12.1 Å². The second-order valence-electron chi connectivity index (χ2n) is 5.22. The minimum atomic E-state index is -0.619. The molecule has 0 saturated carbocycles. The predicted octanol–water partition coefficient (Wildman–Crippen LogP) is 1.61. The van der Waals surface area contributed by atoms with Crippen LogP contribution in [0.15, 0.2) is 29.4 Å². The highest BCUT2D eigenvalue weighted by atomic mass is 19.1. The van der Waals surface area contributed by atoms with E-state index >= 15 is 0 Å². The maximum Gasteiger partial charge on any atom is 0.264 e. The van der Waals surface area contributed by atoms with Crippen LogP contribution in [0.1, 0.15) is 24.8 Å². The largest absolute Gasteiger partial charge is 0.382 e. The highest BCUT2D eigenvalue weighted by molar-refractivity contribution is 6.04. The fourth-order valence-corrected chi connectivity index (χ4v) is 2.46. The summed E-state index contributed by atoms with van der Waals surface area (Å²) in [5.74, 6) is -0.490. The van der Waals surface area contributed by atoms with Crippen LogP contribution in [0.5, 0.6) is 0 Å². The monoisotopic (exact) mass is 292 g/mol. The van der Waals surface area contributed by atoms with Crippen molar-refractivity contribution in [2.75, 3.05) is 13.2 Å². The lowest BCUT2D eigenvalue weighted by Gasteiger charge is -2.13. The number of carbonyl (C=O) groups is 1. The molecule has 1 amide bonds. The van der Waals surface area contributed by atoms with Gasteiger partial charge in [0.05, 0.1) is 11.8 Å². The molecule has 1 N–H and O–H groups in total. The van der Waals surface area contributed by atoms with E-state index in [0.717, 1.165) is 25.0 Å². The summed E-state index contributed by atoms with van der Waals surface area (Å²) in [5.41, 5.74) is 1.43. The van der Waals surface area contributed by atoms with Crippen molar-refractivity contribution in [1.82, 2.24) is 5.32 Å². The minimum Gasteiger partial charge on any atom is -0.382 e. The molecule has 0 radical (unpaired) electrons. The van der Waals surface area contributed by atoms with Crippen molar-refractivity contribution in [1.29, 1.82) is 0 Å².